The maximum absolute atomic E-state index is 12.2. The van der Waals surface area contributed by atoms with E-state index in [1.54, 1.807) is 12.1 Å². The summed E-state index contributed by atoms with van der Waals surface area (Å²) in [6, 6.07) is 3.43. The average molecular weight is 346 g/mol. The van der Waals surface area contributed by atoms with E-state index in [1.807, 2.05) is 0 Å². The van der Waals surface area contributed by atoms with Gasteiger partial charge in [0.2, 0.25) is 5.91 Å². The first kappa shape index (κ1) is 15.6. The third-order valence-electron chi connectivity index (χ3n) is 4.67. The topological polar surface area (TPSA) is 73.9 Å². The molecule has 24 heavy (non-hydrogen) atoms. The normalized spacial score (nSPS) is 18.0. The van der Waals surface area contributed by atoms with Crippen LogP contribution in [0.5, 0.6) is 0 Å². The van der Waals surface area contributed by atoms with E-state index < -0.39 is 0 Å². The van der Waals surface area contributed by atoms with E-state index in [-0.39, 0.29) is 5.91 Å². The summed E-state index contributed by atoms with van der Waals surface area (Å²) in [6.45, 7) is 2.12. The zero-order valence-electron chi connectivity index (χ0n) is 13.4. The molecule has 0 atom stereocenters. The lowest BCUT2D eigenvalue weighted by atomic mass is 10.1. The second-order valence-corrected chi connectivity index (χ2v) is 6.96. The van der Waals surface area contributed by atoms with E-state index in [0.29, 0.717) is 23.3 Å². The van der Waals surface area contributed by atoms with Gasteiger partial charge in [-0.1, -0.05) is 11.6 Å². The van der Waals surface area contributed by atoms with Crippen molar-refractivity contribution in [3.63, 3.8) is 0 Å². The zero-order valence-corrected chi connectivity index (χ0v) is 14.1. The van der Waals surface area contributed by atoms with Crippen molar-refractivity contribution in [3.05, 3.63) is 40.3 Å². The lowest BCUT2D eigenvalue weighted by Crippen LogP contribution is -2.35. The van der Waals surface area contributed by atoms with Crippen molar-refractivity contribution in [2.45, 2.75) is 31.6 Å². The van der Waals surface area contributed by atoms with Crippen LogP contribution in [-0.4, -0.2) is 45.6 Å². The summed E-state index contributed by atoms with van der Waals surface area (Å²) in [7, 11) is 0. The quantitative estimate of drug-likeness (QED) is 0.892. The molecule has 0 aromatic carbocycles. The van der Waals surface area contributed by atoms with E-state index in [4.69, 9.17) is 11.6 Å². The highest BCUT2D eigenvalue weighted by molar-refractivity contribution is 6.30. The zero-order chi connectivity index (χ0) is 16.5. The first-order chi connectivity index (χ1) is 11.7. The fourth-order valence-electron chi connectivity index (χ4n) is 3.24. The summed E-state index contributed by atoms with van der Waals surface area (Å²) in [4.78, 5) is 18.5. The summed E-state index contributed by atoms with van der Waals surface area (Å²) in [5, 5.41) is 11.1. The molecule has 2 N–H and O–H groups in total. The van der Waals surface area contributed by atoms with Gasteiger partial charge in [-0.25, -0.2) is 4.98 Å². The molecule has 2 aromatic heterocycles. The van der Waals surface area contributed by atoms with Crippen molar-refractivity contribution in [2.24, 2.45) is 0 Å². The smallest absolute Gasteiger partial charge is 0.239 e. The molecule has 0 spiro atoms. The molecule has 0 saturated heterocycles. The third kappa shape index (κ3) is 3.44. The van der Waals surface area contributed by atoms with Crippen molar-refractivity contribution in [1.82, 2.24) is 20.1 Å². The monoisotopic (exact) mass is 345 g/mol. The number of pyridine rings is 1. The number of carbonyl (C=O) groups is 1. The Morgan fingerprint density at radius 2 is 2.17 bits per heavy atom. The van der Waals surface area contributed by atoms with Gasteiger partial charge in [-0.2, -0.15) is 5.10 Å². The number of carbonyl (C=O) groups excluding carboxylic acids is 1. The lowest BCUT2D eigenvalue weighted by molar-refractivity contribution is -0.117. The van der Waals surface area contributed by atoms with Gasteiger partial charge in [0.25, 0.3) is 0 Å². The molecule has 3 heterocycles. The minimum absolute atomic E-state index is 0.0454. The molecule has 2 aliphatic rings. The summed E-state index contributed by atoms with van der Waals surface area (Å²) < 4.78 is 0. The molecule has 4 rings (SSSR count). The Hall–Kier alpha value is -1.92. The number of hydrogen-bond donors (Lipinski definition) is 2. The second-order valence-electron chi connectivity index (χ2n) is 6.53. The number of nitrogens with one attached hydrogen (secondary N) is 2. The number of nitrogens with zero attached hydrogens (tertiary/aromatic N) is 3. The van der Waals surface area contributed by atoms with Crippen LogP contribution in [-0.2, 0) is 17.6 Å². The molecule has 0 unspecified atom stereocenters. The predicted octanol–water partition coefficient (Wildman–Crippen LogP) is 2.37. The van der Waals surface area contributed by atoms with Gasteiger partial charge >= 0.3 is 0 Å². The SMILES string of the molecule is O=C(CN1CCc2[nH]nc(C3CC3)c2CC1)Nc1ccc(Cl)cn1. The van der Waals surface area contributed by atoms with Crippen molar-refractivity contribution in [3.8, 4) is 0 Å². The number of aromatic nitrogens is 3. The van der Waals surface area contributed by atoms with Crippen molar-refractivity contribution in [1.29, 1.82) is 0 Å². The minimum Gasteiger partial charge on any atom is -0.310 e. The number of rotatable bonds is 4. The molecule has 6 nitrogen and oxygen atoms in total. The highest BCUT2D eigenvalue weighted by atomic mass is 35.5. The molecule has 2 aromatic rings. The number of amides is 1. The van der Waals surface area contributed by atoms with Gasteiger partial charge in [0, 0.05) is 37.3 Å². The highest BCUT2D eigenvalue weighted by Gasteiger charge is 2.31. The predicted molar refractivity (Wildman–Crippen MR) is 92.3 cm³/mol. The first-order valence-corrected chi connectivity index (χ1v) is 8.76. The van der Waals surface area contributed by atoms with Gasteiger partial charge in [-0.3, -0.25) is 14.8 Å². The molecule has 126 valence electrons. The van der Waals surface area contributed by atoms with Crippen LogP contribution in [0.25, 0.3) is 0 Å². The van der Waals surface area contributed by atoms with Crippen LogP contribution in [0, 0.1) is 0 Å². The van der Waals surface area contributed by atoms with Crippen molar-refractivity contribution >= 4 is 23.3 Å². The Balaban J connectivity index is 1.34. The number of H-pyrrole nitrogens is 1. The summed E-state index contributed by atoms with van der Waals surface area (Å²) in [6.07, 6.45) is 5.93. The molecule has 1 amide bonds. The number of aromatic amines is 1. The summed E-state index contributed by atoms with van der Waals surface area (Å²) >= 11 is 5.80. The van der Waals surface area contributed by atoms with Gasteiger partial charge in [-0.15, -0.1) is 0 Å². The van der Waals surface area contributed by atoms with Crippen LogP contribution in [0.2, 0.25) is 5.02 Å². The van der Waals surface area contributed by atoms with E-state index in [2.05, 4.69) is 25.4 Å². The lowest BCUT2D eigenvalue weighted by Gasteiger charge is -2.19. The van der Waals surface area contributed by atoms with Crippen LogP contribution in [0.1, 0.15) is 35.7 Å². The Bertz CT molecular complexity index is 738. The van der Waals surface area contributed by atoms with Crippen LogP contribution in [0.4, 0.5) is 5.82 Å². The van der Waals surface area contributed by atoms with Crippen molar-refractivity contribution < 1.29 is 4.79 Å². The van der Waals surface area contributed by atoms with Crippen LogP contribution in [0.15, 0.2) is 18.3 Å². The Morgan fingerprint density at radius 1 is 1.33 bits per heavy atom. The average Bonchev–Trinajstić information content (AvgIpc) is 3.36. The van der Waals surface area contributed by atoms with Gasteiger partial charge in [0.05, 0.1) is 17.3 Å². The van der Waals surface area contributed by atoms with Gasteiger partial charge in [-0.05, 0) is 37.0 Å². The molecule has 7 heteroatoms. The molecule has 1 saturated carbocycles. The minimum atomic E-state index is -0.0454. The van der Waals surface area contributed by atoms with Crippen molar-refractivity contribution in [2.75, 3.05) is 25.0 Å². The fourth-order valence-corrected chi connectivity index (χ4v) is 3.35. The highest BCUT2D eigenvalue weighted by Crippen LogP contribution is 2.41. The molecule has 0 radical (unpaired) electrons. The number of anilines is 1. The first-order valence-electron chi connectivity index (χ1n) is 8.39. The van der Waals surface area contributed by atoms with Gasteiger partial charge in [0.15, 0.2) is 0 Å². The Kier molecular flexibility index (Phi) is 4.24. The molecular formula is C17H20ClN5O. The molecule has 1 fully saturated rings. The molecule has 0 bridgehead atoms. The van der Waals surface area contributed by atoms with Gasteiger partial charge in [0.1, 0.15) is 5.82 Å². The maximum atomic E-state index is 12.2. The molecular weight excluding hydrogens is 326 g/mol. The third-order valence-corrected chi connectivity index (χ3v) is 4.89. The van der Waals surface area contributed by atoms with Crippen LogP contribution in [0.3, 0.4) is 0 Å². The Morgan fingerprint density at radius 3 is 2.92 bits per heavy atom. The summed E-state index contributed by atoms with van der Waals surface area (Å²) in [5.41, 5.74) is 3.90. The molecule has 1 aliphatic carbocycles. The van der Waals surface area contributed by atoms with Crippen LogP contribution >= 0.6 is 11.6 Å². The van der Waals surface area contributed by atoms with E-state index >= 15 is 0 Å². The van der Waals surface area contributed by atoms with E-state index in [9.17, 15) is 4.79 Å². The number of fused-ring (bicyclic) bond motifs is 1. The van der Waals surface area contributed by atoms with Gasteiger partial charge < -0.3 is 5.32 Å². The summed E-state index contributed by atoms with van der Waals surface area (Å²) in [5.74, 6) is 1.15. The standard InChI is InChI=1S/C17H20ClN5O/c18-12-3-4-15(19-9-12)20-16(24)10-23-7-5-13-14(6-8-23)21-22-17(13)11-1-2-11/h3-4,9,11H,1-2,5-8,10H2,(H,21,22)(H,19,20,24). The number of hydrogen-bond acceptors (Lipinski definition) is 4. The maximum Gasteiger partial charge on any atom is 0.239 e. The van der Waals surface area contributed by atoms with E-state index in [0.717, 1.165) is 25.9 Å². The number of halogens is 1. The molecule has 1 aliphatic heterocycles. The van der Waals surface area contributed by atoms with Crippen LogP contribution < -0.4 is 5.32 Å². The Labute approximate surface area is 145 Å². The fraction of sp³-hybridized carbons (Fsp3) is 0.471. The van der Waals surface area contributed by atoms with E-state index in [1.165, 1.54) is 36.0 Å². The largest absolute Gasteiger partial charge is 0.310 e. The second kappa shape index (κ2) is 6.53.